The van der Waals surface area contributed by atoms with Crippen LogP contribution in [0.4, 0.5) is 0 Å². The molecular formula is C17H22N2O2. The Balaban J connectivity index is 2.57. The Kier molecular flexibility index (Phi) is 5.17. The van der Waals surface area contributed by atoms with Gasteiger partial charge in [0.15, 0.2) is 0 Å². The van der Waals surface area contributed by atoms with Crippen molar-refractivity contribution in [2.75, 3.05) is 20.8 Å². The van der Waals surface area contributed by atoms with E-state index in [9.17, 15) is 0 Å². The quantitative estimate of drug-likeness (QED) is 0.886. The molecule has 0 saturated heterocycles. The number of methoxy groups -OCH3 is 2. The molecule has 1 unspecified atom stereocenters. The molecular weight excluding hydrogens is 264 g/mol. The first-order chi connectivity index (χ1) is 10.2. The Labute approximate surface area is 126 Å². The molecule has 21 heavy (non-hydrogen) atoms. The van der Waals surface area contributed by atoms with Crippen LogP contribution in [0.5, 0.6) is 11.5 Å². The largest absolute Gasteiger partial charge is 0.496 e. The smallest absolute Gasteiger partial charge is 0.127 e. The van der Waals surface area contributed by atoms with E-state index in [2.05, 4.69) is 17.2 Å². The van der Waals surface area contributed by atoms with Crippen molar-refractivity contribution in [3.63, 3.8) is 0 Å². The fourth-order valence-corrected chi connectivity index (χ4v) is 2.45. The summed E-state index contributed by atoms with van der Waals surface area (Å²) in [5.41, 5.74) is 2.92. The summed E-state index contributed by atoms with van der Waals surface area (Å²) in [6.07, 6.45) is 0. The van der Waals surface area contributed by atoms with Crippen molar-refractivity contribution in [2.24, 2.45) is 0 Å². The normalized spacial score (nSPS) is 12.0. The summed E-state index contributed by atoms with van der Waals surface area (Å²) in [5.74, 6) is 1.59. The number of aromatic nitrogens is 1. The molecule has 0 fully saturated rings. The first kappa shape index (κ1) is 15.3. The number of aryl methyl sites for hydroxylation is 1. The molecule has 1 N–H and O–H groups in total. The van der Waals surface area contributed by atoms with Gasteiger partial charge < -0.3 is 14.8 Å². The Hall–Kier alpha value is -2.07. The molecule has 2 rings (SSSR count). The van der Waals surface area contributed by atoms with Gasteiger partial charge in [0.25, 0.3) is 0 Å². The van der Waals surface area contributed by atoms with Gasteiger partial charge in [0.2, 0.25) is 0 Å². The highest BCUT2D eigenvalue weighted by atomic mass is 16.5. The van der Waals surface area contributed by atoms with Gasteiger partial charge in [0.05, 0.1) is 31.5 Å². The van der Waals surface area contributed by atoms with Gasteiger partial charge >= 0.3 is 0 Å². The van der Waals surface area contributed by atoms with E-state index in [1.165, 1.54) is 0 Å². The first-order valence-corrected chi connectivity index (χ1v) is 7.09. The van der Waals surface area contributed by atoms with Gasteiger partial charge in [-0.2, -0.15) is 0 Å². The maximum Gasteiger partial charge on any atom is 0.127 e. The van der Waals surface area contributed by atoms with Crippen LogP contribution in [-0.2, 0) is 0 Å². The maximum absolute atomic E-state index is 5.52. The van der Waals surface area contributed by atoms with Gasteiger partial charge in [-0.15, -0.1) is 0 Å². The molecule has 1 aromatic carbocycles. The van der Waals surface area contributed by atoms with Crippen LogP contribution in [0.1, 0.15) is 29.9 Å². The summed E-state index contributed by atoms with van der Waals surface area (Å²) < 4.78 is 11.0. The molecule has 2 aromatic rings. The van der Waals surface area contributed by atoms with E-state index >= 15 is 0 Å². The topological polar surface area (TPSA) is 43.4 Å². The number of hydrogen-bond donors (Lipinski definition) is 1. The van der Waals surface area contributed by atoms with E-state index in [0.29, 0.717) is 0 Å². The summed E-state index contributed by atoms with van der Waals surface area (Å²) in [6, 6.07) is 11.8. The molecule has 0 saturated carbocycles. The molecule has 0 aliphatic rings. The molecule has 0 aliphatic carbocycles. The summed E-state index contributed by atoms with van der Waals surface area (Å²) in [4.78, 5) is 4.65. The van der Waals surface area contributed by atoms with E-state index in [4.69, 9.17) is 9.47 Å². The van der Waals surface area contributed by atoms with Crippen LogP contribution in [0, 0.1) is 6.92 Å². The second kappa shape index (κ2) is 7.09. The Morgan fingerprint density at radius 1 is 1.05 bits per heavy atom. The lowest BCUT2D eigenvalue weighted by atomic mass is 10.00. The van der Waals surface area contributed by atoms with Crippen LogP contribution in [-0.4, -0.2) is 25.7 Å². The lowest BCUT2D eigenvalue weighted by Gasteiger charge is -2.23. The van der Waals surface area contributed by atoms with Crippen molar-refractivity contribution in [1.82, 2.24) is 10.3 Å². The molecule has 1 atom stereocenters. The molecule has 0 amide bonds. The fraction of sp³-hybridized carbons (Fsp3) is 0.353. The number of nitrogens with zero attached hydrogens (tertiary/aromatic N) is 1. The standard InChI is InChI=1S/C17H22N2O2/c1-5-18-17(13-9-6-8-12(2)19-13)16-14(20-3)10-7-11-15(16)21-4/h6-11,17-18H,5H2,1-4H3. The minimum atomic E-state index is -0.0685. The third-order valence-electron chi connectivity index (χ3n) is 3.37. The van der Waals surface area contributed by atoms with Gasteiger partial charge in [-0.3, -0.25) is 4.98 Å². The van der Waals surface area contributed by atoms with Crippen molar-refractivity contribution in [2.45, 2.75) is 19.9 Å². The Bertz CT molecular complexity index is 577. The zero-order valence-corrected chi connectivity index (χ0v) is 13.0. The number of benzene rings is 1. The Morgan fingerprint density at radius 3 is 2.19 bits per heavy atom. The summed E-state index contributed by atoms with van der Waals surface area (Å²) in [6.45, 7) is 4.89. The van der Waals surface area contributed by atoms with Gasteiger partial charge in [0.1, 0.15) is 11.5 Å². The van der Waals surface area contributed by atoms with E-state index in [1.807, 2.05) is 43.3 Å². The van der Waals surface area contributed by atoms with Crippen LogP contribution in [0.15, 0.2) is 36.4 Å². The average Bonchev–Trinajstić information content (AvgIpc) is 2.52. The fourth-order valence-electron chi connectivity index (χ4n) is 2.45. The number of pyridine rings is 1. The van der Waals surface area contributed by atoms with Crippen molar-refractivity contribution < 1.29 is 9.47 Å². The number of nitrogens with one attached hydrogen (secondary N) is 1. The molecule has 0 aliphatic heterocycles. The third kappa shape index (κ3) is 3.34. The third-order valence-corrected chi connectivity index (χ3v) is 3.37. The van der Waals surface area contributed by atoms with Gasteiger partial charge in [-0.05, 0) is 37.7 Å². The molecule has 1 aromatic heterocycles. The first-order valence-electron chi connectivity index (χ1n) is 7.09. The number of rotatable bonds is 6. The van der Waals surface area contributed by atoms with Gasteiger partial charge in [0, 0.05) is 5.69 Å². The molecule has 1 heterocycles. The lowest BCUT2D eigenvalue weighted by Crippen LogP contribution is -2.24. The van der Waals surface area contributed by atoms with Crippen molar-refractivity contribution in [1.29, 1.82) is 0 Å². The predicted octanol–water partition coefficient (Wildman–Crippen LogP) is 3.11. The summed E-state index contributed by atoms with van der Waals surface area (Å²) in [5, 5.41) is 3.47. The maximum atomic E-state index is 5.52. The SMILES string of the molecule is CCNC(c1cccc(C)n1)c1c(OC)cccc1OC. The Morgan fingerprint density at radius 2 is 1.67 bits per heavy atom. The minimum Gasteiger partial charge on any atom is -0.496 e. The van der Waals surface area contributed by atoms with E-state index in [1.54, 1.807) is 14.2 Å². The average molecular weight is 286 g/mol. The number of hydrogen-bond acceptors (Lipinski definition) is 4. The van der Waals surface area contributed by atoms with Crippen LogP contribution in [0.2, 0.25) is 0 Å². The molecule has 112 valence electrons. The van der Waals surface area contributed by atoms with Crippen LogP contribution < -0.4 is 14.8 Å². The molecule has 0 radical (unpaired) electrons. The summed E-state index contributed by atoms with van der Waals surface area (Å²) >= 11 is 0. The zero-order chi connectivity index (χ0) is 15.2. The highest BCUT2D eigenvalue weighted by Crippen LogP contribution is 2.36. The van der Waals surface area contributed by atoms with Crippen LogP contribution in [0.3, 0.4) is 0 Å². The molecule has 0 bridgehead atoms. The summed E-state index contributed by atoms with van der Waals surface area (Å²) in [7, 11) is 3.34. The van der Waals surface area contributed by atoms with E-state index < -0.39 is 0 Å². The van der Waals surface area contributed by atoms with Crippen molar-refractivity contribution >= 4 is 0 Å². The van der Waals surface area contributed by atoms with Crippen molar-refractivity contribution in [3.8, 4) is 11.5 Å². The highest BCUT2D eigenvalue weighted by Gasteiger charge is 2.23. The highest BCUT2D eigenvalue weighted by molar-refractivity contribution is 5.49. The van der Waals surface area contributed by atoms with Crippen LogP contribution >= 0.6 is 0 Å². The molecule has 4 heteroatoms. The minimum absolute atomic E-state index is 0.0685. The van der Waals surface area contributed by atoms with Gasteiger partial charge in [-0.25, -0.2) is 0 Å². The second-order valence-electron chi connectivity index (χ2n) is 4.77. The monoisotopic (exact) mass is 286 g/mol. The second-order valence-corrected chi connectivity index (χ2v) is 4.77. The zero-order valence-electron chi connectivity index (χ0n) is 13.0. The van der Waals surface area contributed by atoms with Gasteiger partial charge in [-0.1, -0.05) is 19.1 Å². The number of ether oxygens (including phenoxy) is 2. The van der Waals surface area contributed by atoms with Crippen LogP contribution in [0.25, 0.3) is 0 Å². The van der Waals surface area contributed by atoms with Crippen molar-refractivity contribution in [3.05, 3.63) is 53.3 Å². The van der Waals surface area contributed by atoms with E-state index in [-0.39, 0.29) is 6.04 Å². The predicted molar refractivity (Wildman–Crippen MR) is 84.0 cm³/mol. The van der Waals surface area contributed by atoms with E-state index in [0.717, 1.165) is 35.0 Å². The lowest BCUT2D eigenvalue weighted by molar-refractivity contribution is 0.376. The molecule has 0 spiro atoms. The molecule has 4 nitrogen and oxygen atoms in total.